The highest BCUT2D eigenvalue weighted by Gasteiger charge is 2.07. The average molecular weight is 331 g/mol. The van der Waals surface area contributed by atoms with E-state index in [0.29, 0.717) is 18.7 Å². The van der Waals surface area contributed by atoms with Crippen molar-refractivity contribution >= 4 is 17.7 Å². The Morgan fingerprint density at radius 2 is 1.87 bits per heavy atom. The first kappa shape index (κ1) is 17.2. The Labute approximate surface area is 141 Å². The molecule has 0 saturated carbocycles. The van der Waals surface area contributed by atoms with Crippen LogP contribution in [0.3, 0.4) is 0 Å². The first-order chi connectivity index (χ1) is 11.2. The van der Waals surface area contributed by atoms with Crippen LogP contribution in [0.15, 0.2) is 53.4 Å². The maximum Gasteiger partial charge on any atom is 0.221 e. The van der Waals surface area contributed by atoms with Crippen LogP contribution in [-0.2, 0) is 11.3 Å². The molecule has 2 aromatic carbocycles. The van der Waals surface area contributed by atoms with E-state index in [2.05, 4.69) is 5.32 Å². The summed E-state index contributed by atoms with van der Waals surface area (Å²) in [5.74, 6) is 2.24. The number of amides is 1. The maximum absolute atomic E-state index is 11.9. The van der Waals surface area contributed by atoms with Gasteiger partial charge in [-0.1, -0.05) is 18.2 Å². The Balaban J connectivity index is 1.78. The molecule has 0 aliphatic carbocycles. The van der Waals surface area contributed by atoms with Crippen molar-refractivity contribution in [3.05, 3.63) is 54.1 Å². The van der Waals surface area contributed by atoms with Crippen LogP contribution in [0.5, 0.6) is 11.5 Å². The zero-order valence-corrected chi connectivity index (χ0v) is 14.2. The van der Waals surface area contributed by atoms with Gasteiger partial charge in [0.05, 0.1) is 14.2 Å². The third-order valence-electron chi connectivity index (χ3n) is 3.31. The summed E-state index contributed by atoms with van der Waals surface area (Å²) in [6.45, 7) is 0.446. The second-order valence-electron chi connectivity index (χ2n) is 4.87. The fourth-order valence-electron chi connectivity index (χ4n) is 2.06. The van der Waals surface area contributed by atoms with Crippen molar-refractivity contribution in [2.75, 3.05) is 20.0 Å². The number of hydrogen-bond donors (Lipinski definition) is 1. The van der Waals surface area contributed by atoms with Crippen LogP contribution in [0, 0.1) is 0 Å². The van der Waals surface area contributed by atoms with Crippen LogP contribution in [-0.4, -0.2) is 25.9 Å². The predicted molar refractivity (Wildman–Crippen MR) is 93.2 cm³/mol. The van der Waals surface area contributed by atoms with Gasteiger partial charge in [-0.2, -0.15) is 0 Å². The first-order valence-corrected chi connectivity index (χ1v) is 8.37. The molecule has 23 heavy (non-hydrogen) atoms. The molecule has 0 saturated heterocycles. The van der Waals surface area contributed by atoms with Crippen molar-refractivity contribution < 1.29 is 14.3 Å². The van der Waals surface area contributed by atoms with Gasteiger partial charge in [-0.05, 0) is 24.3 Å². The van der Waals surface area contributed by atoms with Gasteiger partial charge in [0.25, 0.3) is 0 Å². The van der Waals surface area contributed by atoms with Gasteiger partial charge in [-0.25, -0.2) is 0 Å². The number of thioether (sulfide) groups is 1. The molecule has 4 nitrogen and oxygen atoms in total. The van der Waals surface area contributed by atoms with E-state index in [0.717, 1.165) is 17.1 Å². The van der Waals surface area contributed by atoms with E-state index >= 15 is 0 Å². The number of methoxy groups -OCH3 is 2. The van der Waals surface area contributed by atoms with Gasteiger partial charge in [0.2, 0.25) is 5.91 Å². The predicted octanol–water partition coefficient (Wildman–Crippen LogP) is 3.50. The highest BCUT2D eigenvalue weighted by Crippen LogP contribution is 2.24. The van der Waals surface area contributed by atoms with Crippen molar-refractivity contribution in [2.24, 2.45) is 0 Å². The number of hydrogen-bond acceptors (Lipinski definition) is 4. The second kappa shape index (κ2) is 9.10. The zero-order valence-electron chi connectivity index (χ0n) is 13.4. The standard InChI is InChI=1S/C18H21NO3S/c1-21-15-9-8-14(17(12-15)22-2)13-19-18(20)10-11-23-16-6-4-3-5-7-16/h3-9,12H,10-11,13H2,1-2H3,(H,19,20). The van der Waals surface area contributed by atoms with Gasteiger partial charge in [-0.15, -0.1) is 11.8 Å². The lowest BCUT2D eigenvalue weighted by molar-refractivity contribution is -0.120. The number of carbonyl (C=O) groups is 1. The van der Waals surface area contributed by atoms with Crippen LogP contribution >= 0.6 is 11.8 Å². The van der Waals surface area contributed by atoms with Crippen LogP contribution in [0.2, 0.25) is 0 Å². The van der Waals surface area contributed by atoms with E-state index in [1.165, 1.54) is 4.90 Å². The molecule has 0 fully saturated rings. The summed E-state index contributed by atoms with van der Waals surface area (Å²) >= 11 is 1.68. The largest absolute Gasteiger partial charge is 0.497 e. The SMILES string of the molecule is COc1ccc(CNC(=O)CCSc2ccccc2)c(OC)c1. The Kier molecular flexibility index (Phi) is 6.81. The molecule has 0 aliphatic rings. The molecule has 0 spiro atoms. The lowest BCUT2D eigenvalue weighted by Gasteiger charge is -2.11. The number of ether oxygens (including phenoxy) is 2. The van der Waals surface area contributed by atoms with E-state index in [1.54, 1.807) is 26.0 Å². The molecule has 0 aromatic heterocycles. The van der Waals surface area contributed by atoms with Crippen LogP contribution in [0.4, 0.5) is 0 Å². The molecular formula is C18H21NO3S. The molecule has 1 N–H and O–H groups in total. The topological polar surface area (TPSA) is 47.6 Å². The summed E-state index contributed by atoms with van der Waals surface area (Å²) in [6.07, 6.45) is 0.484. The van der Waals surface area contributed by atoms with Crippen LogP contribution < -0.4 is 14.8 Å². The third kappa shape index (κ3) is 5.53. The highest BCUT2D eigenvalue weighted by molar-refractivity contribution is 7.99. The van der Waals surface area contributed by atoms with Crippen molar-refractivity contribution in [3.8, 4) is 11.5 Å². The Morgan fingerprint density at radius 3 is 2.57 bits per heavy atom. The molecular weight excluding hydrogens is 310 g/mol. The van der Waals surface area contributed by atoms with Crippen molar-refractivity contribution in [2.45, 2.75) is 17.9 Å². The van der Waals surface area contributed by atoms with Gasteiger partial charge >= 0.3 is 0 Å². The smallest absolute Gasteiger partial charge is 0.221 e. The molecule has 0 radical (unpaired) electrons. The van der Waals surface area contributed by atoms with E-state index in [4.69, 9.17) is 9.47 Å². The summed E-state index contributed by atoms with van der Waals surface area (Å²) in [5, 5.41) is 2.92. The lowest BCUT2D eigenvalue weighted by Crippen LogP contribution is -2.23. The van der Waals surface area contributed by atoms with Gasteiger partial charge in [0.15, 0.2) is 0 Å². The molecule has 0 unspecified atom stereocenters. The van der Waals surface area contributed by atoms with Crippen molar-refractivity contribution in [1.29, 1.82) is 0 Å². The quantitative estimate of drug-likeness (QED) is 0.752. The van der Waals surface area contributed by atoms with Gasteiger partial charge in [0.1, 0.15) is 11.5 Å². The Hall–Kier alpha value is -2.14. The molecule has 0 atom stereocenters. The van der Waals surface area contributed by atoms with E-state index in [-0.39, 0.29) is 5.91 Å². The molecule has 122 valence electrons. The van der Waals surface area contributed by atoms with Crippen molar-refractivity contribution in [1.82, 2.24) is 5.32 Å². The monoisotopic (exact) mass is 331 g/mol. The summed E-state index contributed by atoms with van der Waals surface area (Å²) in [7, 11) is 3.22. The zero-order chi connectivity index (χ0) is 16.5. The molecule has 1 amide bonds. The average Bonchev–Trinajstić information content (AvgIpc) is 2.60. The summed E-state index contributed by atoms with van der Waals surface area (Å²) in [6, 6.07) is 15.6. The normalized spacial score (nSPS) is 10.2. The fourth-order valence-corrected chi connectivity index (χ4v) is 2.93. The summed E-state index contributed by atoms with van der Waals surface area (Å²) in [4.78, 5) is 13.1. The summed E-state index contributed by atoms with van der Waals surface area (Å²) < 4.78 is 10.5. The molecule has 0 bridgehead atoms. The number of benzene rings is 2. The lowest BCUT2D eigenvalue weighted by atomic mass is 10.2. The molecule has 2 rings (SSSR count). The fraction of sp³-hybridized carbons (Fsp3) is 0.278. The van der Waals surface area contributed by atoms with Gasteiger partial charge < -0.3 is 14.8 Å². The van der Waals surface area contributed by atoms with E-state index < -0.39 is 0 Å². The van der Waals surface area contributed by atoms with Gasteiger partial charge in [0, 0.05) is 35.2 Å². The minimum absolute atomic E-state index is 0.0336. The third-order valence-corrected chi connectivity index (χ3v) is 4.33. The van der Waals surface area contributed by atoms with E-state index in [9.17, 15) is 4.79 Å². The number of nitrogens with one attached hydrogen (secondary N) is 1. The molecule has 5 heteroatoms. The van der Waals surface area contributed by atoms with E-state index in [1.807, 2.05) is 48.5 Å². The Morgan fingerprint density at radius 1 is 1.09 bits per heavy atom. The second-order valence-corrected chi connectivity index (χ2v) is 6.03. The molecule has 0 aliphatic heterocycles. The molecule has 2 aromatic rings. The Bertz CT molecular complexity index is 631. The highest BCUT2D eigenvalue weighted by atomic mass is 32.2. The maximum atomic E-state index is 11.9. The summed E-state index contributed by atoms with van der Waals surface area (Å²) in [5.41, 5.74) is 0.928. The minimum atomic E-state index is 0.0336. The van der Waals surface area contributed by atoms with Gasteiger partial charge in [-0.3, -0.25) is 4.79 Å². The number of rotatable bonds is 8. The minimum Gasteiger partial charge on any atom is -0.497 e. The van der Waals surface area contributed by atoms with Crippen molar-refractivity contribution in [3.63, 3.8) is 0 Å². The first-order valence-electron chi connectivity index (χ1n) is 7.38. The van der Waals surface area contributed by atoms with Crippen LogP contribution in [0.1, 0.15) is 12.0 Å². The van der Waals surface area contributed by atoms with Crippen LogP contribution in [0.25, 0.3) is 0 Å². The molecule has 0 heterocycles. The number of carbonyl (C=O) groups excluding carboxylic acids is 1.